The number of ether oxygens (including phenoxy) is 1. The maximum Gasteiger partial charge on any atom is 0.340 e. The predicted octanol–water partition coefficient (Wildman–Crippen LogP) is 6.16. The van der Waals surface area contributed by atoms with Crippen molar-refractivity contribution in [2.24, 2.45) is 0 Å². The molecular weight excluding hydrogens is 449 g/mol. The van der Waals surface area contributed by atoms with E-state index in [9.17, 15) is 14.7 Å². The third-order valence-corrected chi connectivity index (χ3v) is 5.21. The molecule has 0 aliphatic heterocycles. The number of esters is 1. The number of pyridine rings is 1. The molecule has 0 amide bonds. The summed E-state index contributed by atoms with van der Waals surface area (Å²) in [6.45, 7) is 1.61. The van der Waals surface area contributed by atoms with Crippen molar-refractivity contribution in [2.75, 3.05) is 0 Å². The molecule has 3 aromatic rings. The van der Waals surface area contributed by atoms with Crippen molar-refractivity contribution in [1.82, 2.24) is 4.98 Å². The van der Waals surface area contributed by atoms with Crippen LogP contribution < -0.4 is 0 Å². The molecule has 0 atom stereocenters. The van der Waals surface area contributed by atoms with Crippen molar-refractivity contribution in [3.05, 3.63) is 86.7 Å². The van der Waals surface area contributed by atoms with Crippen molar-refractivity contribution in [2.45, 2.75) is 19.4 Å². The van der Waals surface area contributed by atoms with Gasteiger partial charge in [0, 0.05) is 21.2 Å². The summed E-state index contributed by atoms with van der Waals surface area (Å²) in [6.07, 6.45) is 0. The Morgan fingerprint density at radius 2 is 1.77 bits per heavy atom. The van der Waals surface area contributed by atoms with Crippen LogP contribution in [0.3, 0.4) is 0 Å². The van der Waals surface area contributed by atoms with E-state index in [1.54, 1.807) is 19.1 Å². The van der Waals surface area contributed by atoms with Crippen LogP contribution >= 0.6 is 34.8 Å². The second-order valence-corrected chi connectivity index (χ2v) is 7.50. The number of carbonyl (C=O) groups excluding carboxylic acids is 1. The standard InChI is InChI=1S/C22H16Cl3NO4/c1-12-18(22(29)30-11-13-5-3-2-4-6-13)19(15-8-7-14(24)9-16(15)25)20(21(27)28)17(10-23)26-12/h2-9H,10-11H2,1H3,(H,27,28). The molecule has 0 aliphatic rings. The second-order valence-electron chi connectivity index (χ2n) is 6.39. The number of carboxylic acids is 1. The number of nitrogens with zero attached hydrogens (tertiary/aromatic N) is 1. The van der Waals surface area contributed by atoms with Gasteiger partial charge in [0.15, 0.2) is 0 Å². The first-order valence-electron chi connectivity index (χ1n) is 8.82. The van der Waals surface area contributed by atoms with Gasteiger partial charge in [-0.25, -0.2) is 9.59 Å². The van der Waals surface area contributed by atoms with Gasteiger partial charge in [-0.1, -0.05) is 59.6 Å². The number of rotatable bonds is 6. The Morgan fingerprint density at radius 3 is 2.37 bits per heavy atom. The molecule has 8 heteroatoms. The lowest BCUT2D eigenvalue weighted by atomic mass is 9.92. The highest BCUT2D eigenvalue weighted by molar-refractivity contribution is 6.36. The minimum Gasteiger partial charge on any atom is -0.478 e. The molecular formula is C22H16Cl3NO4. The van der Waals surface area contributed by atoms with Gasteiger partial charge in [0.25, 0.3) is 0 Å². The predicted molar refractivity (Wildman–Crippen MR) is 117 cm³/mol. The van der Waals surface area contributed by atoms with E-state index < -0.39 is 11.9 Å². The number of aromatic nitrogens is 1. The highest BCUT2D eigenvalue weighted by Crippen LogP contribution is 2.38. The molecule has 1 N–H and O–H groups in total. The van der Waals surface area contributed by atoms with Crippen molar-refractivity contribution in [3.8, 4) is 11.1 Å². The van der Waals surface area contributed by atoms with Crippen LogP contribution in [-0.2, 0) is 17.2 Å². The molecule has 1 aromatic heterocycles. The van der Waals surface area contributed by atoms with Crippen LogP contribution in [0.2, 0.25) is 10.0 Å². The van der Waals surface area contributed by atoms with E-state index in [4.69, 9.17) is 39.5 Å². The van der Waals surface area contributed by atoms with Crippen molar-refractivity contribution in [3.63, 3.8) is 0 Å². The van der Waals surface area contributed by atoms with E-state index in [1.807, 2.05) is 30.3 Å². The van der Waals surface area contributed by atoms with Crippen molar-refractivity contribution >= 4 is 46.7 Å². The number of benzene rings is 2. The minimum atomic E-state index is -1.28. The third-order valence-electron chi connectivity index (χ3n) is 4.41. The summed E-state index contributed by atoms with van der Waals surface area (Å²) in [5.74, 6) is -2.15. The maximum absolute atomic E-state index is 13.0. The first-order chi connectivity index (χ1) is 14.3. The third kappa shape index (κ3) is 4.59. The van der Waals surface area contributed by atoms with Gasteiger partial charge in [-0.3, -0.25) is 4.98 Å². The van der Waals surface area contributed by atoms with Crippen molar-refractivity contribution in [1.29, 1.82) is 0 Å². The Labute approximate surface area is 188 Å². The molecule has 0 spiro atoms. The van der Waals surface area contributed by atoms with Crippen LogP contribution in [0.15, 0.2) is 48.5 Å². The zero-order valence-corrected chi connectivity index (χ0v) is 18.1. The first-order valence-corrected chi connectivity index (χ1v) is 10.1. The molecule has 2 aromatic carbocycles. The molecule has 0 bridgehead atoms. The van der Waals surface area contributed by atoms with Gasteiger partial charge in [-0.2, -0.15) is 0 Å². The maximum atomic E-state index is 13.0. The monoisotopic (exact) mass is 463 g/mol. The molecule has 0 radical (unpaired) electrons. The van der Waals surface area contributed by atoms with E-state index in [0.717, 1.165) is 5.56 Å². The van der Waals surface area contributed by atoms with Crippen LogP contribution in [-0.4, -0.2) is 22.0 Å². The molecule has 0 saturated heterocycles. The Bertz CT molecular complexity index is 1120. The van der Waals surface area contributed by atoms with Gasteiger partial charge in [0.05, 0.1) is 28.4 Å². The Balaban J connectivity index is 2.19. The Hall–Kier alpha value is -2.60. The molecule has 0 aliphatic carbocycles. The molecule has 3 rings (SSSR count). The highest BCUT2D eigenvalue weighted by atomic mass is 35.5. The summed E-state index contributed by atoms with van der Waals surface area (Å²) in [7, 11) is 0. The molecule has 0 fully saturated rings. The topological polar surface area (TPSA) is 76.5 Å². The lowest BCUT2D eigenvalue weighted by molar-refractivity contribution is 0.0472. The largest absolute Gasteiger partial charge is 0.478 e. The summed E-state index contributed by atoms with van der Waals surface area (Å²) in [5, 5.41) is 10.4. The van der Waals surface area contributed by atoms with Crippen LogP contribution in [0, 0.1) is 6.92 Å². The molecule has 5 nitrogen and oxygen atoms in total. The Kier molecular flexibility index (Phi) is 6.98. The number of hydrogen-bond acceptors (Lipinski definition) is 4. The van der Waals surface area contributed by atoms with E-state index >= 15 is 0 Å². The fourth-order valence-electron chi connectivity index (χ4n) is 3.10. The summed E-state index contributed by atoms with van der Waals surface area (Å²) < 4.78 is 5.45. The summed E-state index contributed by atoms with van der Waals surface area (Å²) >= 11 is 18.3. The number of aromatic carboxylic acids is 1. The van der Waals surface area contributed by atoms with Gasteiger partial charge < -0.3 is 9.84 Å². The minimum absolute atomic E-state index is 0.0152. The number of hydrogen-bond donors (Lipinski definition) is 1. The molecule has 30 heavy (non-hydrogen) atoms. The molecule has 0 unspecified atom stereocenters. The van der Waals surface area contributed by atoms with E-state index in [-0.39, 0.29) is 45.6 Å². The highest BCUT2D eigenvalue weighted by Gasteiger charge is 2.29. The summed E-state index contributed by atoms with van der Waals surface area (Å²) in [4.78, 5) is 29.4. The SMILES string of the molecule is Cc1nc(CCl)c(C(=O)O)c(-c2ccc(Cl)cc2Cl)c1C(=O)OCc1ccccc1. The van der Waals surface area contributed by atoms with Crippen molar-refractivity contribution < 1.29 is 19.4 Å². The van der Waals surface area contributed by atoms with Gasteiger partial charge in [0.1, 0.15) is 6.61 Å². The first kappa shape index (κ1) is 22.1. The lowest BCUT2D eigenvalue weighted by Crippen LogP contribution is -2.17. The smallest absolute Gasteiger partial charge is 0.340 e. The van der Waals surface area contributed by atoms with E-state index in [1.165, 1.54) is 6.07 Å². The van der Waals surface area contributed by atoms with Gasteiger partial charge >= 0.3 is 11.9 Å². The summed E-state index contributed by atoms with van der Waals surface area (Å²) in [5.41, 5.74) is 1.44. The fraction of sp³-hybridized carbons (Fsp3) is 0.136. The molecule has 1 heterocycles. The van der Waals surface area contributed by atoms with Gasteiger partial charge in [0.2, 0.25) is 0 Å². The summed E-state index contributed by atoms with van der Waals surface area (Å²) in [6, 6.07) is 13.7. The molecule has 154 valence electrons. The van der Waals surface area contributed by atoms with E-state index in [2.05, 4.69) is 4.98 Å². The van der Waals surface area contributed by atoms with Crippen LogP contribution in [0.4, 0.5) is 0 Å². The van der Waals surface area contributed by atoms with Gasteiger partial charge in [-0.05, 0) is 24.6 Å². The lowest BCUT2D eigenvalue weighted by Gasteiger charge is -2.18. The zero-order chi connectivity index (χ0) is 21.8. The Morgan fingerprint density at radius 1 is 1.07 bits per heavy atom. The zero-order valence-electron chi connectivity index (χ0n) is 15.8. The fourth-order valence-corrected chi connectivity index (χ4v) is 3.79. The van der Waals surface area contributed by atoms with Crippen LogP contribution in [0.25, 0.3) is 11.1 Å². The number of carbonyl (C=O) groups is 2. The quantitative estimate of drug-likeness (QED) is 0.349. The second kappa shape index (κ2) is 9.47. The molecule has 0 saturated carbocycles. The average molecular weight is 465 g/mol. The average Bonchev–Trinajstić information content (AvgIpc) is 2.71. The van der Waals surface area contributed by atoms with Gasteiger partial charge in [-0.15, -0.1) is 11.6 Å². The van der Waals surface area contributed by atoms with E-state index in [0.29, 0.717) is 10.6 Å². The number of aryl methyl sites for hydroxylation is 1. The van der Waals surface area contributed by atoms with Crippen LogP contribution in [0.5, 0.6) is 0 Å². The van der Waals surface area contributed by atoms with Crippen LogP contribution in [0.1, 0.15) is 37.7 Å². The normalized spacial score (nSPS) is 10.7. The number of carboxylic acid groups (broad SMARTS) is 1. The number of halogens is 3. The number of alkyl halides is 1.